The Hall–Kier alpha value is -2.27. The van der Waals surface area contributed by atoms with E-state index in [9.17, 15) is 4.79 Å². The highest BCUT2D eigenvalue weighted by atomic mass is 35.5. The van der Waals surface area contributed by atoms with Gasteiger partial charge < -0.3 is 15.1 Å². The van der Waals surface area contributed by atoms with Gasteiger partial charge in [0.2, 0.25) is 5.91 Å². The number of aromatic nitrogens is 1. The Balaban J connectivity index is 1.42. The van der Waals surface area contributed by atoms with E-state index in [0.717, 1.165) is 37.7 Å². The zero-order chi connectivity index (χ0) is 16.8. The molecule has 1 aromatic carbocycles. The number of rotatable bonds is 5. The Bertz CT molecular complexity index is 672. The molecule has 0 unspecified atom stereocenters. The molecule has 126 valence electrons. The van der Waals surface area contributed by atoms with E-state index in [1.165, 1.54) is 0 Å². The molecule has 0 saturated carbocycles. The van der Waals surface area contributed by atoms with E-state index >= 15 is 0 Å². The molecule has 0 spiro atoms. The molecule has 1 aliphatic rings. The van der Waals surface area contributed by atoms with Crippen molar-refractivity contribution in [1.82, 2.24) is 9.88 Å². The molecular weight excluding hydrogens is 324 g/mol. The molecule has 3 rings (SSSR count). The van der Waals surface area contributed by atoms with Crippen molar-refractivity contribution in [3.8, 4) is 0 Å². The second-order valence-corrected chi connectivity index (χ2v) is 6.18. The van der Waals surface area contributed by atoms with Crippen molar-refractivity contribution < 1.29 is 4.79 Å². The van der Waals surface area contributed by atoms with Gasteiger partial charge in [-0.3, -0.25) is 4.79 Å². The Morgan fingerprint density at radius 1 is 1.12 bits per heavy atom. The van der Waals surface area contributed by atoms with Gasteiger partial charge >= 0.3 is 0 Å². The number of halogens is 1. The van der Waals surface area contributed by atoms with Gasteiger partial charge in [0.25, 0.3) is 0 Å². The lowest BCUT2D eigenvalue weighted by Crippen LogP contribution is -2.49. The highest BCUT2D eigenvalue weighted by Crippen LogP contribution is 2.15. The molecule has 1 N–H and O–H groups in total. The molecule has 1 aromatic heterocycles. The first-order chi connectivity index (χ1) is 11.7. The van der Waals surface area contributed by atoms with Crippen LogP contribution in [0.5, 0.6) is 0 Å². The first kappa shape index (κ1) is 16.6. The fourth-order valence-corrected chi connectivity index (χ4v) is 2.99. The van der Waals surface area contributed by atoms with Crippen molar-refractivity contribution in [1.29, 1.82) is 0 Å². The van der Waals surface area contributed by atoms with Gasteiger partial charge in [0.1, 0.15) is 5.82 Å². The van der Waals surface area contributed by atoms with Crippen molar-refractivity contribution in [2.24, 2.45) is 0 Å². The van der Waals surface area contributed by atoms with Crippen molar-refractivity contribution in [2.45, 2.75) is 6.42 Å². The highest BCUT2D eigenvalue weighted by Gasteiger charge is 2.21. The highest BCUT2D eigenvalue weighted by molar-refractivity contribution is 6.30. The fourth-order valence-electron chi connectivity index (χ4n) is 2.80. The van der Waals surface area contributed by atoms with Crippen LogP contribution in [0, 0.1) is 0 Å². The van der Waals surface area contributed by atoms with Crippen molar-refractivity contribution >= 4 is 29.0 Å². The van der Waals surface area contributed by atoms with Crippen LogP contribution in [0.1, 0.15) is 6.42 Å². The summed E-state index contributed by atoms with van der Waals surface area (Å²) in [6.07, 6.45) is 2.28. The summed E-state index contributed by atoms with van der Waals surface area (Å²) in [5, 5.41) is 3.93. The van der Waals surface area contributed by atoms with E-state index in [1.807, 2.05) is 47.4 Å². The van der Waals surface area contributed by atoms with E-state index in [1.54, 1.807) is 6.20 Å². The number of hydrogen-bond donors (Lipinski definition) is 1. The van der Waals surface area contributed by atoms with E-state index < -0.39 is 0 Å². The maximum absolute atomic E-state index is 12.3. The summed E-state index contributed by atoms with van der Waals surface area (Å²) >= 11 is 5.95. The van der Waals surface area contributed by atoms with Crippen LogP contribution in [0.15, 0.2) is 48.7 Å². The SMILES string of the molecule is O=C(CCNc1cccc(Cl)c1)N1CCN(c2ccccn2)CC1. The summed E-state index contributed by atoms with van der Waals surface area (Å²) in [6, 6.07) is 13.4. The summed E-state index contributed by atoms with van der Waals surface area (Å²) < 4.78 is 0. The molecule has 24 heavy (non-hydrogen) atoms. The number of benzene rings is 1. The number of nitrogens with zero attached hydrogens (tertiary/aromatic N) is 3. The molecule has 6 heteroatoms. The fraction of sp³-hybridized carbons (Fsp3) is 0.333. The number of hydrogen-bond acceptors (Lipinski definition) is 4. The number of nitrogens with one attached hydrogen (secondary N) is 1. The summed E-state index contributed by atoms with van der Waals surface area (Å²) in [5.74, 6) is 1.16. The van der Waals surface area contributed by atoms with Crippen LogP contribution in [0.3, 0.4) is 0 Å². The van der Waals surface area contributed by atoms with Crippen LogP contribution in [0.4, 0.5) is 11.5 Å². The topological polar surface area (TPSA) is 48.5 Å². The van der Waals surface area contributed by atoms with E-state index in [-0.39, 0.29) is 5.91 Å². The molecule has 0 atom stereocenters. The number of anilines is 2. The third kappa shape index (κ3) is 4.38. The predicted octanol–water partition coefficient (Wildman–Crippen LogP) is 2.89. The van der Waals surface area contributed by atoms with E-state index in [2.05, 4.69) is 15.2 Å². The summed E-state index contributed by atoms with van der Waals surface area (Å²) in [7, 11) is 0. The average Bonchev–Trinajstić information content (AvgIpc) is 2.63. The molecule has 5 nitrogen and oxygen atoms in total. The van der Waals surface area contributed by atoms with Crippen LogP contribution >= 0.6 is 11.6 Å². The Morgan fingerprint density at radius 2 is 1.96 bits per heavy atom. The summed E-state index contributed by atoms with van der Waals surface area (Å²) in [4.78, 5) is 20.8. The van der Waals surface area contributed by atoms with Crippen LogP contribution in [0.25, 0.3) is 0 Å². The smallest absolute Gasteiger partial charge is 0.224 e. The van der Waals surface area contributed by atoms with Gasteiger partial charge in [-0.1, -0.05) is 23.7 Å². The largest absolute Gasteiger partial charge is 0.384 e. The molecule has 2 aromatic rings. The van der Waals surface area contributed by atoms with Gasteiger partial charge in [0.05, 0.1) is 0 Å². The summed E-state index contributed by atoms with van der Waals surface area (Å²) in [6.45, 7) is 3.74. The second-order valence-electron chi connectivity index (χ2n) is 5.74. The van der Waals surface area contributed by atoms with Gasteiger partial charge in [0.15, 0.2) is 0 Å². The Kier molecular flexibility index (Phi) is 5.54. The molecule has 0 radical (unpaired) electrons. The lowest BCUT2D eigenvalue weighted by Gasteiger charge is -2.35. The third-order valence-electron chi connectivity index (χ3n) is 4.10. The van der Waals surface area contributed by atoms with E-state index in [0.29, 0.717) is 18.0 Å². The molecular formula is C18H21ClN4O. The quantitative estimate of drug-likeness (QED) is 0.906. The zero-order valence-corrected chi connectivity index (χ0v) is 14.2. The Morgan fingerprint density at radius 3 is 2.67 bits per heavy atom. The maximum atomic E-state index is 12.3. The number of carbonyl (C=O) groups is 1. The number of amides is 1. The van der Waals surface area contributed by atoms with Crippen LogP contribution < -0.4 is 10.2 Å². The first-order valence-corrected chi connectivity index (χ1v) is 8.53. The minimum Gasteiger partial charge on any atom is -0.384 e. The van der Waals surface area contributed by atoms with Gasteiger partial charge in [-0.2, -0.15) is 0 Å². The molecule has 1 aliphatic heterocycles. The van der Waals surface area contributed by atoms with Gasteiger partial charge in [-0.05, 0) is 30.3 Å². The van der Waals surface area contributed by atoms with E-state index in [4.69, 9.17) is 11.6 Å². The van der Waals surface area contributed by atoms with Crippen LogP contribution in [-0.4, -0.2) is 48.5 Å². The average molecular weight is 345 g/mol. The van der Waals surface area contributed by atoms with Crippen molar-refractivity contribution in [2.75, 3.05) is 42.9 Å². The first-order valence-electron chi connectivity index (χ1n) is 8.15. The standard InChI is InChI=1S/C18H21ClN4O/c19-15-4-3-5-16(14-15)20-9-7-18(24)23-12-10-22(11-13-23)17-6-1-2-8-21-17/h1-6,8,14,20H,7,9-13H2. The van der Waals surface area contributed by atoms with Crippen molar-refractivity contribution in [3.05, 3.63) is 53.7 Å². The second kappa shape index (κ2) is 8.02. The molecule has 1 amide bonds. The maximum Gasteiger partial charge on any atom is 0.224 e. The predicted molar refractivity (Wildman–Crippen MR) is 97.6 cm³/mol. The van der Waals surface area contributed by atoms with Crippen molar-refractivity contribution in [3.63, 3.8) is 0 Å². The third-order valence-corrected chi connectivity index (χ3v) is 4.33. The lowest BCUT2D eigenvalue weighted by molar-refractivity contribution is -0.131. The molecule has 1 saturated heterocycles. The van der Waals surface area contributed by atoms with Gasteiger partial charge in [0, 0.05) is 56.1 Å². The normalized spacial score (nSPS) is 14.5. The number of piperazine rings is 1. The number of pyridine rings is 1. The van der Waals surface area contributed by atoms with Crippen LogP contribution in [0.2, 0.25) is 5.02 Å². The number of carbonyl (C=O) groups excluding carboxylic acids is 1. The lowest BCUT2D eigenvalue weighted by atomic mass is 10.2. The minimum absolute atomic E-state index is 0.185. The molecule has 1 fully saturated rings. The molecule has 2 heterocycles. The molecule has 0 bridgehead atoms. The summed E-state index contributed by atoms with van der Waals surface area (Å²) in [5.41, 5.74) is 0.940. The Labute approximate surface area is 147 Å². The minimum atomic E-state index is 0.185. The van der Waals surface area contributed by atoms with Gasteiger partial charge in [-0.25, -0.2) is 4.98 Å². The monoisotopic (exact) mass is 344 g/mol. The van der Waals surface area contributed by atoms with Gasteiger partial charge in [-0.15, -0.1) is 0 Å². The molecule has 0 aliphatic carbocycles. The zero-order valence-electron chi connectivity index (χ0n) is 13.5. The van der Waals surface area contributed by atoms with Crippen LogP contribution in [-0.2, 0) is 4.79 Å².